The van der Waals surface area contributed by atoms with Gasteiger partial charge in [-0.25, -0.2) is 15.0 Å². The zero-order valence-corrected chi connectivity index (χ0v) is 18.3. The highest BCUT2D eigenvalue weighted by atomic mass is 16.3. The molecular formula is C26H21N5O3. The Balaban J connectivity index is 1.29. The number of hydrogen-bond donors (Lipinski definition) is 0. The maximum Gasteiger partial charge on any atom is 0.254 e. The van der Waals surface area contributed by atoms with Crippen molar-refractivity contribution >= 4 is 22.8 Å². The van der Waals surface area contributed by atoms with Crippen molar-refractivity contribution in [1.29, 1.82) is 0 Å². The van der Waals surface area contributed by atoms with Crippen molar-refractivity contribution in [2.24, 2.45) is 0 Å². The number of benzene rings is 1. The Bertz CT molecular complexity index is 1420. The van der Waals surface area contributed by atoms with E-state index in [-0.39, 0.29) is 5.91 Å². The molecule has 8 heteroatoms. The fourth-order valence-corrected chi connectivity index (χ4v) is 4.22. The van der Waals surface area contributed by atoms with Gasteiger partial charge in [-0.05, 0) is 54.6 Å². The van der Waals surface area contributed by atoms with Gasteiger partial charge in [-0.3, -0.25) is 4.79 Å². The molecule has 0 saturated carbocycles. The molecule has 0 atom stereocenters. The minimum Gasteiger partial charge on any atom is -0.463 e. The largest absolute Gasteiger partial charge is 0.463 e. The normalized spacial score (nSPS) is 14.0. The zero-order valence-electron chi connectivity index (χ0n) is 18.3. The zero-order chi connectivity index (χ0) is 22.9. The van der Waals surface area contributed by atoms with E-state index in [0.717, 1.165) is 18.9 Å². The molecule has 0 spiro atoms. The second kappa shape index (κ2) is 8.47. The molecule has 1 fully saturated rings. The molecule has 34 heavy (non-hydrogen) atoms. The molecule has 0 unspecified atom stereocenters. The third kappa shape index (κ3) is 3.69. The standard InChI is InChI=1S/C26H21N5O3/c32-26(31-13-11-30(12-14-31)23-7-1-2-10-27-23)18-8-9-19-20(17-18)29-25(22-6-4-16-34-22)24(28-19)21-5-3-15-33-21/h1-10,15-17H,11-14H2. The lowest BCUT2D eigenvalue weighted by molar-refractivity contribution is 0.0746. The summed E-state index contributed by atoms with van der Waals surface area (Å²) in [5.41, 5.74) is 3.06. The average molecular weight is 451 g/mol. The molecule has 0 aliphatic carbocycles. The molecule has 1 amide bonds. The van der Waals surface area contributed by atoms with E-state index in [1.54, 1.807) is 30.9 Å². The van der Waals surface area contributed by atoms with Crippen LogP contribution in [0, 0.1) is 0 Å². The van der Waals surface area contributed by atoms with Gasteiger partial charge in [0.1, 0.15) is 17.2 Å². The summed E-state index contributed by atoms with van der Waals surface area (Å²) in [5, 5.41) is 0. The molecule has 1 aliphatic rings. The van der Waals surface area contributed by atoms with Gasteiger partial charge >= 0.3 is 0 Å². The Morgan fingerprint density at radius 3 is 2.09 bits per heavy atom. The highest BCUT2D eigenvalue weighted by molar-refractivity contribution is 5.98. The maximum absolute atomic E-state index is 13.3. The lowest BCUT2D eigenvalue weighted by Crippen LogP contribution is -2.49. The van der Waals surface area contributed by atoms with Gasteiger partial charge in [0.25, 0.3) is 5.91 Å². The van der Waals surface area contributed by atoms with Gasteiger partial charge in [0.15, 0.2) is 11.5 Å². The number of anilines is 1. The smallest absolute Gasteiger partial charge is 0.254 e. The summed E-state index contributed by atoms with van der Waals surface area (Å²) in [5.74, 6) is 2.11. The second-order valence-electron chi connectivity index (χ2n) is 8.05. The monoisotopic (exact) mass is 451 g/mol. The topological polar surface area (TPSA) is 88.5 Å². The van der Waals surface area contributed by atoms with E-state index in [4.69, 9.17) is 18.8 Å². The number of carbonyl (C=O) groups excluding carboxylic acids is 1. The van der Waals surface area contributed by atoms with Gasteiger partial charge in [-0.15, -0.1) is 0 Å². The first-order chi connectivity index (χ1) is 16.8. The third-order valence-corrected chi connectivity index (χ3v) is 5.96. The molecule has 0 N–H and O–H groups in total. The highest BCUT2D eigenvalue weighted by Crippen LogP contribution is 2.31. The van der Waals surface area contributed by atoms with Crippen LogP contribution in [0.3, 0.4) is 0 Å². The fourth-order valence-electron chi connectivity index (χ4n) is 4.22. The van der Waals surface area contributed by atoms with E-state index in [2.05, 4.69) is 9.88 Å². The summed E-state index contributed by atoms with van der Waals surface area (Å²) >= 11 is 0. The molecular weight excluding hydrogens is 430 g/mol. The van der Waals surface area contributed by atoms with Crippen molar-refractivity contribution in [2.75, 3.05) is 31.1 Å². The summed E-state index contributed by atoms with van der Waals surface area (Å²) < 4.78 is 11.2. The summed E-state index contributed by atoms with van der Waals surface area (Å²) in [6.45, 7) is 2.75. The van der Waals surface area contributed by atoms with Crippen molar-refractivity contribution in [3.05, 3.63) is 85.0 Å². The Morgan fingerprint density at radius 2 is 1.47 bits per heavy atom. The van der Waals surface area contributed by atoms with Gasteiger partial charge in [-0.1, -0.05) is 6.07 Å². The Labute approximate surface area is 195 Å². The predicted octanol–water partition coefficient (Wildman–Crippen LogP) is 4.51. The second-order valence-corrected chi connectivity index (χ2v) is 8.05. The molecule has 6 rings (SSSR count). The minimum absolute atomic E-state index is 0.0148. The van der Waals surface area contributed by atoms with Crippen LogP contribution in [0.15, 0.2) is 88.2 Å². The number of fused-ring (bicyclic) bond motifs is 1. The highest BCUT2D eigenvalue weighted by Gasteiger charge is 2.24. The average Bonchev–Trinajstić information content (AvgIpc) is 3.63. The van der Waals surface area contributed by atoms with E-state index >= 15 is 0 Å². The SMILES string of the molecule is O=C(c1ccc2nc(-c3ccco3)c(-c3ccco3)nc2c1)N1CCN(c2ccccn2)CC1. The van der Waals surface area contributed by atoms with Crippen molar-refractivity contribution < 1.29 is 13.6 Å². The van der Waals surface area contributed by atoms with Crippen molar-refractivity contribution in [1.82, 2.24) is 19.9 Å². The van der Waals surface area contributed by atoms with Gasteiger partial charge in [0.05, 0.1) is 23.6 Å². The van der Waals surface area contributed by atoms with Crippen LogP contribution < -0.4 is 4.90 Å². The Hall–Kier alpha value is -4.46. The molecule has 1 saturated heterocycles. The van der Waals surface area contributed by atoms with Gasteiger partial charge < -0.3 is 18.6 Å². The first-order valence-corrected chi connectivity index (χ1v) is 11.1. The number of hydrogen-bond acceptors (Lipinski definition) is 7. The quantitative estimate of drug-likeness (QED) is 0.397. The summed E-state index contributed by atoms with van der Waals surface area (Å²) in [6, 6.07) is 18.6. The molecule has 5 heterocycles. The lowest BCUT2D eigenvalue weighted by atomic mass is 10.1. The van der Waals surface area contributed by atoms with Crippen molar-refractivity contribution in [3.8, 4) is 22.9 Å². The number of rotatable bonds is 4. The van der Waals surface area contributed by atoms with E-state index in [0.29, 0.717) is 52.6 Å². The molecule has 1 aromatic carbocycles. The van der Waals surface area contributed by atoms with E-state index < -0.39 is 0 Å². The van der Waals surface area contributed by atoms with E-state index in [1.165, 1.54) is 0 Å². The maximum atomic E-state index is 13.3. The predicted molar refractivity (Wildman–Crippen MR) is 127 cm³/mol. The van der Waals surface area contributed by atoms with Crippen LogP contribution in [-0.2, 0) is 0 Å². The molecule has 4 aromatic heterocycles. The summed E-state index contributed by atoms with van der Waals surface area (Å²) in [6.07, 6.45) is 4.98. The van der Waals surface area contributed by atoms with Crippen LogP contribution in [0.4, 0.5) is 5.82 Å². The van der Waals surface area contributed by atoms with Crippen LogP contribution in [0.2, 0.25) is 0 Å². The molecule has 8 nitrogen and oxygen atoms in total. The minimum atomic E-state index is -0.0148. The number of carbonyl (C=O) groups is 1. The van der Waals surface area contributed by atoms with Gasteiger partial charge in [0.2, 0.25) is 0 Å². The summed E-state index contributed by atoms with van der Waals surface area (Å²) in [4.78, 5) is 31.3. The third-order valence-electron chi connectivity index (χ3n) is 5.96. The molecule has 0 radical (unpaired) electrons. The molecule has 5 aromatic rings. The first kappa shape index (κ1) is 20.2. The van der Waals surface area contributed by atoms with E-state index in [9.17, 15) is 4.79 Å². The molecule has 0 bridgehead atoms. The number of pyridine rings is 1. The fraction of sp³-hybridized carbons (Fsp3) is 0.154. The number of furan rings is 2. The summed E-state index contributed by atoms with van der Waals surface area (Å²) in [7, 11) is 0. The van der Waals surface area contributed by atoms with Gasteiger partial charge in [0, 0.05) is 37.9 Å². The van der Waals surface area contributed by atoms with Crippen LogP contribution in [-0.4, -0.2) is 51.9 Å². The number of piperazine rings is 1. The van der Waals surface area contributed by atoms with Gasteiger partial charge in [-0.2, -0.15) is 0 Å². The van der Waals surface area contributed by atoms with E-state index in [1.807, 2.05) is 53.4 Å². The first-order valence-electron chi connectivity index (χ1n) is 11.1. The molecule has 1 aliphatic heterocycles. The lowest BCUT2D eigenvalue weighted by Gasteiger charge is -2.35. The Morgan fingerprint density at radius 1 is 0.765 bits per heavy atom. The molecule has 168 valence electrons. The number of amides is 1. The van der Waals surface area contributed by atoms with Crippen molar-refractivity contribution in [2.45, 2.75) is 0 Å². The van der Waals surface area contributed by atoms with Crippen molar-refractivity contribution in [3.63, 3.8) is 0 Å². The van der Waals surface area contributed by atoms with Crippen LogP contribution in [0.1, 0.15) is 10.4 Å². The Kier molecular flexibility index (Phi) is 5.03. The number of aromatic nitrogens is 3. The van der Waals surface area contributed by atoms with Crippen LogP contribution >= 0.6 is 0 Å². The number of nitrogens with zero attached hydrogens (tertiary/aromatic N) is 5. The van der Waals surface area contributed by atoms with Crippen LogP contribution in [0.25, 0.3) is 33.9 Å². The van der Waals surface area contributed by atoms with Crippen LogP contribution in [0.5, 0.6) is 0 Å².